The first-order valence-electron chi connectivity index (χ1n) is 10.4. The molecule has 1 aromatic heterocycles. The van der Waals surface area contributed by atoms with E-state index in [-0.39, 0.29) is 5.97 Å². The van der Waals surface area contributed by atoms with Gasteiger partial charge in [-0.2, -0.15) is 0 Å². The van der Waals surface area contributed by atoms with Gasteiger partial charge in [0.1, 0.15) is 5.82 Å². The Balaban J connectivity index is 1.96. The molecule has 4 heteroatoms. The van der Waals surface area contributed by atoms with Crippen molar-refractivity contribution < 1.29 is 9.53 Å². The summed E-state index contributed by atoms with van der Waals surface area (Å²) >= 11 is 0. The highest BCUT2D eigenvalue weighted by molar-refractivity contribution is 5.95. The van der Waals surface area contributed by atoms with Crippen LogP contribution in [0, 0.1) is 6.92 Å². The van der Waals surface area contributed by atoms with E-state index in [1.54, 1.807) is 0 Å². The molecule has 0 unspecified atom stereocenters. The van der Waals surface area contributed by atoms with Gasteiger partial charge in [-0.25, -0.2) is 9.78 Å². The van der Waals surface area contributed by atoms with E-state index in [1.807, 2.05) is 24.3 Å². The molecule has 0 amide bonds. The zero-order valence-electron chi connectivity index (χ0n) is 17.7. The van der Waals surface area contributed by atoms with E-state index in [9.17, 15) is 4.79 Å². The van der Waals surface area contributed by atoms with Crippen molar-refractivity contribution in [2.75, 3.05) is 7.11 Å². The van der Waals surface area contributed by atoms with Crippen molar-refractivity contribution in [2.45, 2.75) is 33.2 Å². The monoisotopic (exact) mass is 398 g/mol. The second-order valence-electron chi connectivity index (χ2n) is 7.55. The molecule has 0 aliphatic rings. The molecule has 4 rings (SSSR count). The number of rotatable bonds is 6. The van der Waals surface area contributed by atoms with E-state index < -0.39 is 0 Å². The van der Waals surface area contributed by atoms with Crippen LogP contribution < -0.4 is 0 Å². The standard InChI is InChI=1S/C26H26N2O2/c1-4-5-15-28-24-14-12-20(26(29)30-3)17-23(24)27-25(28)22-16-18(2)11-13-21(22)19-9-7-6-8-10-19/h6-14,16-17H,4-5,15H2,1-3H3. The number of ether oxygens (including phenoxy) is 1. The van der Waals surface area contributed by atoms with Gasteiger partial charge in [-0.05, 0) is 48.7 Å². The largest absolute Gasteiger partial charge is 0.465 e. The first kappa shape index (κ1) is 19.9. The van der Waals surface area contributed by atoms with E-state index in [0.29, 0.717) is 5.56 Å². The van der Waals surface area contributed by atoms with Crippen LogP contribution in [0.5, 0.6) is 0 Å². The highest BCUT2D eigenvalue weighted by atomic mass is 16.5. The first-order valence-corrected chi connectivity index (χ1v) is 10.4. The minimum absolute atomic E-state index is 0.345. The van der Waals surface area contributed by atoms with Crippen LogP contribution in [0.2, 0.25) is 0 Å². The van der Waals surface area contributed by atoms with Crippen LogP contribution in [0.15, 0.2) is 66.7 Å². The van der Waals surface area contributed by atoms with E-state index >= 15 is 0 Å². The Morgan fingerprint density at radius 1 is 1.00 bits per heavy atom. The molecule has 3 aromatic carbocycles. The number of fused-ring (bicyclic) bond motifs is 1. The predicted molar refractivity (Wildman–Crippen MR) is 122 cm³/mol. The van der Waals surface area contributed by atoms with Gasteiger partial charge >= 0.3 is 5.97 Å². The minimum Gasteiger partial charge on any atom is -0.465 e. The first-order chi connectivity index (χ1) is 14.6. The van der Waals surface area contributed by atoms with Crippen LogP contribution in [0.1, 0.15) is 35.7 Å². The number of hydrogen-bond acceptors (Lipinski definition) is 3. The predicted octanol–water partition coefficient (Wildman–Crippen LogP) is 6.27. The molecule has 0 N–H and O–H groups in total. The summed E-state index contributed by atoms with van der Waals surface area (Å²) in [6, 6.07) is 22.5. The van der Waals surface area contributed by atoms with Crippen molar-refractivity contribution in [2.24, 2.45) is 0 Å². The quantitative estimate of drug-likeness (QED) is 0.360. The van der Waals surface area contributed by atoms with Crippen LogP contribution in [0.4, 0.5) is 0 Å². The zero-order chi connectivity index (χ0) is 21.1. The summed E-state index contributed by atoms with van der Waals surface area (Å²) < 4.78 is 7.17. The normalized spacial score (nSPS) is 11.0. The molecule has 0 spiro atoms. The van der Waals surface area contributed by atoms with Crippen LogP contribution >= 0.6 is 0 Å². The van der Waals surface area contributed by atoms with Gasteiger partial charge in [0.05, 0.1) is 23.7 Å². The van der Waals surface area contributed by atoms with Gasteiger partial charge in [-0.1, -0.05) is 61.4 Å². The lowest BCUT2D eigenvalue weighted by Crippen LogP contribution is -2.03. The number of aromatic nitrogens is 2. The molecule has 152 valence electrons. The number of methoxy groups -OCH3 is 1. The van der Waals surface area contributed by atoms with Crippen LogP contribution in [0.3, 0.4) is 0 Å². The molecule has 0 bridgehead atoms. The summed E-state index contributed by atoms with van der Waals surface area (Å²) in [6.07, 6.45) is 2.16. The third kappa shape index (κ3) is 3.73. The summed E-state index contributed by atoms with van der Waals surface area (Å²) in [7, 11) is 1.40. The molecule has 0 aliphatic carbocycles. The average molecular weight is 399 g/mol. The second kappa shape index (κ2) is 8.54. The maximum Gasteiger partial charge on any atom is 0.337 e. The van der Waals surface area contributed by atoms with Gasteiger partial charge < -0.3 is 9.30 Å². The molecule has 0 fully saturated rings. The van der Waals surface area contributed by atoms with Gasteiger partial charge in [0.15, 0.2) is 0 Å². The molecule has 1 heterocycles. The van der Waals surface area contributed by atoms with Gasteiger partial charge in [0.25, 0.3) is 0 Å². The van der Waals surface area contributed by atoms with Gasteiger partial charge in [0, 0.05) is 12.1 Å². The molecule has 0 saturated carbocycles. The molecule has 30 heavy (non-hydrogen) atoms. The Morgan fingerprint density at radius 2 is 1.80 bits per heavy atom. The number of carbonyl (C=O) groups excluding carboxylic acids is 1. The van der Waals surface area contributed by atoms with Crippen molar-refractivity contribution in [1.29, 1.82) is 0 Å². The smallest absolute Gasteiger partial charge is 0.337 e. The zero-order valence-corrected chi connectivity index (χ0v) is 17.7. The maximum absolute atomic E-state index is 12.0. The fraction of sp³-hybridized carbons (Fsp3) is 0.231. The highest BCUT2D eigenvalue weighted by Crippen LogP contribution is 2.35. The Morgan fingerprint density at radius 3 is 2.53 bits per heavy atom. The number of benzene rings is 3. The Kier molecular flexibility index (Phi) is 5.66. The Labute approximate surface area is 177 Å². The average Bonchev–Trinajstić information content (AvgIpc) is 3.15. The molecule has 4 nitrogen and oxygen atoms in total. The number of hydrogen-bond donors (Lipinski definition) is 0. The molecular formula is C26H26N2O2. The molecule has 0 aliphatic heterocycles. The van der Waals surface area contributed by atoms with Gasteiger partial charge in [0.2, 0.25) is 0 Å². The van der Waals surface area contributed by atoms with Crippen LogP contribution in [0.25, 0.3) is 33.5 Å². The van der Waals surface area contributed by atoms with E-state index in [4.69, 9.17) is 9.72 Å². The van der Waals surface area contributed by atoms with Crippen molar-refractivity contribution in [1.82, 2.24) is 9.55 Å². The van der Waals surface area contributed by atoms with E-state index in [1.165, 1.54) is 12.7 Å². The topological polar surface area (TPSA) is 44.1 Å². The molecular weight excluding hydrogens is 372 g/mol. The van der Waals surface area contributed by atoms with E-state index in [2.05, 4.69) is 60.9 Å². The molecule has 4 aromatic rings. The second-order valence-corrected chi connectivity index (χ2v) is 7.55. The van der Waals surface area contributed by atoms with Gasteiger partial charge in [-0.3, -0.25) is 0 Å². The summed E-state index contributed by atoms with van der Waals surface area (Å²) in [6.45, 7) is 5.17. The molecule has 0 atom stereocenters. The third-order valence-corrected chi connectivity index (χ3v) is 5.41. The fourth-order valence-electron chi connectivity index (χ4n) is 3.84. The van der Waals surface area contributed by atoms with Crippen molar-refractivity contribution >= 4 is 17.0 Å². The minimum atomic E-state index is -0.345. The summed E-state index contributed by atoms with van der Waals surface area (Å²) in [5.41, 5.74) is 6.97. The fourth-order valence-corrected chi connectivity index (χ4v) is 3.84. The SMILES string of the molecule is CCCCn1c(-c2cc(C)ccc2-c2ccccc2)nc2cc(C(=O)OC)ccc21. The Bertz CT molecular complexity index is 1190. The van der Waals surface area contributed by atoms with Crippen molar-refractivity contribution in [3.05, 3.63) is 77.9 Å². The lowest BCUT2D eigenvalue weighted by Gasteiger charge is -2.14. The summed E-state index contributed by atoms with van der Waals surface area (Å²) in [5, 5.41) is 0. The lowest BCUT2D eigenvalue weighted by molar-refractivity contribution is 0.0601. The number of carbonyl (C=O) groups is 1. The summed E-state index contributed by atoms with van der Waals surface area (Å²) in [4.78, 5) is 17.0. The maximum atomic E-state index is 12.0. The lowest BCUT2D eigenvalue weighted by atomic mass is 9.97. The Hall–Kier alpha value is -3.40. The van der Waals surface area contributed by atoms with Crippen LogP contribution in [-0.2, 0) is 11.3 Å². The number of nitrogens with zero attached hydrogens (tertiary/aromatic N) is 2. The van der Waals surface area contributed by atoms with Crippen molar-refractivity contribution in [3.63, 3.8) is 0 Å². The number of imidazole rings is 1. The number of esters is 1. The number of unbranched alkanes of at least 4 members (excludes halogenated alkanes) is 1. The van der Waals surface area contributed by atoms with Crippen molar-refractivity contribution in [3.8, 4) is 22.5 Å². The summed E-state index contributed by atoms with van der Waals surface area (Å²) in [5.74, 6) is 0.588. The molecule has 0 radical (unpaired) electrons. The number of aryl methyl sites for hydroxylation is 2. The van der Waals surface area contributed by atoms with E-state index in [0.717, 1.165) is 52.9 Å². The molecule has 0 saturated heterocycles. The van der Waals surface area contributed by atoms with Crippen LogP contribution in [-0.4, -0.2) is 22.6 Å². The third-order valence-electron chi connectivity index (χ3n) is 5.41. The highest BCUT2D eigenvalue weighted by Gasteiger charge is 2.18. The van der Waals surface area contributed by atoms with Gasteiger partial charge in [-0.15, -0.1) is 0 Å².